The third kappa shape index (κ3) is 7.23. The summed E-state index contributed by atoms with van der Waals surface area (Å²) in [7, 11) is 1.65. The van der Waals surface area contributed by atoms with Crippen molar-refractivity contribution >= 4 is 12.0 Å². The van der Waals surface area contributed by atoms with E-state index in [-0.39, 0.29) is 11.5 Å². The van der Waals surface area contributed by atoms with Gasteiger partial charge in [0.25, 0.3) is 0 Å². The normalized spacial score (nSPS) is 15.6. The third-order valence-electron chi connectivity index (χ3n) is 5.76. The number of aryl methyl sites for hydroxylation is 1. The fourth-order valence-electron chi connectivity index (χ4n) is 3.61. The molecule has 2 aromatic rings. The summed E-state index contributed by atoms with van der Waals surface area (Å²) in [6.45, 7) is 12.4. The number of aromatic nitrogens is 2. The highest BCUT2D eigenvalue weighted by atomic mass is 16.6. The number of hydrogen-bond acceptors (Lipinski definition) is 7. The van der Waals surface area contributed by atoms with Gasteiger partial charge in [-0.3, -0.25) is 0 Å². The zero-order chi connectivity index (χ0) is 24.1. The Balaban J connectivity index is 1.54. The van der Waals surface area contributed by atoms with Crippen LogP contribution in [-0.4, -0.2) is 48.4 Å². The third-order valence-corrected chi connectivity index (χ3v) is 5.76. The molecule has 1 amide bonds. The van der Waals surface area contributed by atoms with E-state index in [9.17, 15) is 4.79 Å². The van der Waals surface area contributed by atoms with Gasteiger partial charge >= 0.3 is 6.09 Å². The fourth-order valence-corrected chi connectivity index (χ4v) is 3.61. The Morgan fingerprint density at radius 3 is 2.45 bits per heavy atom. The number of anilines is 1. The number of benzene rings is 1. The van der Waals surface area contributed by atoms with E-state index in [4.69, 9.17) is 14.2 Å². The molecule has 0 atom stereocenters. The van der Waals surface area contributed by atoms with E-state index in [1.807, 2.05) is 58.2 Å². The maximum Gasteiger partial charge on any atom is 0.407 e. The number of methoxy groups -OCH3 is 1. The largest absolute Gasteiger partial charge is 0.497 e. The minimum atomic E-state index is -0.496. The maximum atomic E-state index is 12.0. The second-order valence-electron chi connectivity index (χ2n) is 9.95. The lowest BCUT2D eigenvalue weighted by Gasteiger charge is -2.39. The van der Waals surface area contributed by atoms with Crippen LogP contribution in [0.1, 0.15) is 51.7 Å². The summed E-state index contributed by atoms with van der Waals surface area (Å²) < 4.78 is 16.5. The van der Waals surface area contributed by atoms with Gasteiger partial charge in [-0.2, -0.15) is 4.98 Å². The minimum absolute atomic E-state index is 0.00575. The lowest BCUT2D eigenvalue weighted by molar-refractivity contribution is 0.0495. The quantitative estimate of drug-likeness (QED) is 0.656. The van der Waals surface area contributed by atoms with E-state index in [1.54, 1.807) is 7.11 Å². The molecule has 1 saturated heterocycles. The molecule has 1 aromatic heterocycles. The van der Waals surface area contributed by atoms with Crippen LogP contribution in [0, 0.1) is 12.3 Å². The average molecular weight is 457 g/mol. The van der Waals surface area contributed by atoms with Crippen molar-refractivity contribution in [3.8, 4) is 11.6 Å². The summed E-state index contributed by atoms with van der Waals surface area (Å²) in [5, 5.41) is 2.92. The van der Waals surface area contributed by atoms with E-state index in [2.05, 4.69) is 27.1 Å². The molecule has 3 rings (SSSR count). The van der Waals surface area contributed by atoms with Crippen molar-refractivity contribution in [1.82, 2.24) is 15.3 Å². The van der Waals surface area contributed by atoms with Crippen LogP contribution in [0.4, 0.5) is 10.7 Å². The Morgan fingerprint density at radius 2 is 1.85 bits per heavy atom. The van der Waals surface area contributed by atoms with Crippen molar-refractivity contribution in [2.75, 3.05) is 31.6 Å². The van der Waals surface area contributed by atoms with Gasteiger partial charge in [-0.15, -0.1) is 0 Å². The van der Waals surface area contributed by atoms with Crippen LogP contribution in [0.2, 0.25) is 0 Å². The summed E-state index contributed by atoms with van der Waals surface area (Å²) in [5.74, 6) is 2.08. The van der Waals surface area contributed by atoms with Gasteiger partial charge in [0, 0.05) is 31.4 Å². The maximum absolute atomic E-state index is 12.0. The Labute approximate surface area is 196 Å². The van der Waals surface area contributed by atoms with Gasteiger partial charge < -0.3 is 24.4 Å². The van der Waals surface area contributed by atoms with Gasteiger partial charge in [-0.25, -0.2) is 9.78 Å². The van der Waals surface area contributed by atoms with Gasteiger partial charge in [-0.1, -0.05) is 19.1 Å². The van der Waals surface area contributed by atoms with E-state index >= 15 is 0 Å². The van der Waals surface area contributed by atoms with Crippen LogP contribution < -0.4 is 19.7 Å². The SMILES string of the molecule is COc1ccc(COc2nc(N3CCC(C)(CNC(=O)OC(C)(C)C)CC3)ncc2C)cc1. The highest BCUT2D eigenvalue weighted by Gasteiger charge is 2.32. The summed E-state index contributed by atoms with van der Waals surface area (Å²) in [6, 6.07) is 7.79. The number of carbonyl (C=O) groups excluding carboxylic acids is 1. The van der Waals surface area contributed by atoms with Gasteiger partial charge in [0.2, 0.25) is 11.8 Å². The average Bonchev–Trinajstić information content (AvgIpc) is 2.77. The molecule has 0 spiro atoms. The van der Waals surface area contributed by atoms with E-state index in [0.29, 0.717) is 25.0 Å². The number of alkyl carbamates (subject to hydrolysis) is 1. The number of piperidine rings is 1. The van der Waals surface area contributed by atoms with Gasteiger partial charge in [0.15, 0.2) is 0 Å². The Hall–Kier alpha value is -3.03. The van der Waals surface area contributed by atoms with Gasteiger partial charge in [0.1, 0.15) is 18.0 Å². The topological polar surface area (TPSA) is 85.8 Å². The molecule has 1 aliphatic heterocycles. The lowest BCUT2D eigenvalue weighted by Crippen LogP contribution is -2.46. The van der Waals surface area contributed by atoms with E-state index < -0.39 is 5.60 Å². The Morgan fingerprint density at radius 1 is 1.18 bits per heavy atom. The second-order valence-corrected chi connectivity index (χ2v) is 9.95. The van der Waals surface area contributed by atoms with Crippen molar-refractivity contribution in [3.63, 3.8) is 0 Å². The van der Waals surface area contributed by atoms with Crippen LogP contribution in [0.5, 0.6) is 11.6 Å². The second kappa shape index (κ2) is 10.3. The molecule has 33 heavy (non-hydrogen) atoms. The van der Waals surface area contributed by atoms with Crippen LogP contribution in [0.15, 0.2) is 30.5 Å². The van der Waals surface area contributed by atoms with Crippen molar-refractivity contribution in [2.45, 2.75) is 59.7 Å². The highest BCUT2D eigenvalue weighted by molar-refractivity contribution is 5.67. The number of amides is 1. The monoisotopic (exact) mass is 456 g/mol. The predicted molar refractivity (Wildman–Crippen MR) is 128 cm³/mol. The van der Waals surface area contributed by atoms with Crippen LogP contribution in [0.3, 0.4) is 0 Å². The molecule has 0 saturated carbocycles. The van der Waals surface area contributed by atoms with Crippen molar-refractivity contribution < 1.29 is 19.0 Å². The molecule has 0 radical (unpaired) electrons. The van der Waals surface area contributed by atoms with Crippen LogP contribution >= 0.6 is 0 Å². The number of nitrogens with one attached hydrogen (secondary N) is 1. The number of ether oxygens (including phenoxy) is 3. The first-order valence-electron chi connectivity index (χ1n) is 11.4. The molecule has 8 nitrogen and oxygen atoms in total. The van der Waals surface area contributed by atoms with E-state index in [1.165, 1.54) is 0 Å². The van der Waals surface area contributed by atoms with Crippen molar-refractivity contribution in [1.29, 1.82) is 0 Å². The summed E-state index contributed by atoms with van der Waals surface area (Å²) in [6.07, 6.45) is 3.28. The van der Waals surface area contributed by atoms with Gasteiger partial charge in [0.05, 0.1) is 7.11 Å². The van der Waals surface area contributed by atoms with Gasteiger partial charge in [-0.05, 0) is 63.6 Å². The molecule has 8 heteroatoms. The first-order chi connectivity index (χ1) is 15.6. The van der Waals surface area contributed by atoms with Crippen LogP contribution in [0.25, 0.3) is 0 Å². The molecule has 1 N–H and O–H groups in total. The number of rotatable bonds is 7. The Kier molecular flexibility index (Phi) is 7.66. The molecule has 180 valence electrons. The highest BCUT2D eigenvalue weighted by Crippen LogP contribution is 2.32. The predicted octanol–water partition coefficient (Wildman–Crippen LogP) is 4.50. The van der Waals surface area contributed by atoms with Crippen LogP contribution in [-0.2, 0) is 11.3 Å². The molecule has 1 aromatic carbocycles. The fraction of sp³-hybridized carbons (Fsp3) is 0.560. The minimum Gasteiger partial charge on any atom is -0.497 e. The number of carbonyl (C=O) groups is 1. The molecule has 0 aliphatic carbocycles. The molecular weight excluding hydrogens is 420 g/mol. The standard InChI is InChI=1S/C25H36N4O4/c1-18-15-26-22(28-21(18)32-16-19-7-9-20(31-6)10-8-19)29-13-11-25(5,12-14-29)17-27-23(30)33-24(2,3)4/h7-10,15H,11-14,16-17H2,1-6H3,(H,27,30). The molecule has 2 heterocycles. The van der Waals surface area contributed by atoms with Crippen molar-refractivity contribution in [2.24, 2.45) is 5.41 Å². The van der Waals surface area contributed by atoms with Crippen molar-refractivity contribution in [3.05, 3.63) is 41.6 Å². The molecular formula is C25H36N4O4. The first-order valence-corrected chi connectivity index (χ1v) is 11.4. The summed E-state index contributed by atoms with van der Waals surface area (Å²) in [4.78, 5) is 23.4. The zero-order valence-corrected chi connectivity index (χ0v) is 20.6. The zero-order valence-electron chi connectivity index (χ0n) is 20.6. The Bertz CT molecular complexity index is 932. The number of hydrogen-bond donors (Lipinski definition) is 1. The van der Waals surface area contributed by atoms with E-state index in [0.717, 1.165) is 42.8 Å². The molecule has 1 fully saturated rings. The molecule has 0 bridgehead atoms. The smallest absolute Gasteiger partial charge is 0.407 e. The molecule has 1 aliphatic rings. The first kappa shape index (κ1) is 24.6. The summed E-state index contributed by atoms with van der Waals surface area (Å²) in [5.41, 5.74) is 1.45. The number of nitrogens with zero attached hydrogens (tertiary/aromatic N) is 3. The summed E-state index contributed by atoms with van der Waals surface area (Å²) >= 11 is 0. The molecule has 0 unspecified atom stereocenters. The lowest BCUT2D eigenvalue weighted by atomic mass is 9.80.